The summed E-state index contributed by atoms with van der Waals surface area (Å²) in [5.41, 5.74) is 5.94. The lowest BCUT2D eigenvalue weighted by atomic mass is 9.98. The van der Waals surface area contributed by atoms with Crippen LogP contribution in [0.15, 0.2) is 29.6 Å². The fourth-order valence-electron chi connectivity index (χ4n) is 3.54. The van der Waals surface area contributed by atoms with Gasteiger partial charge in [0.1, 0.15) is 23.1 Å². The number of phenolic OH excluding ortho intramolecular Hbond substituents is 1. The van der Waals surface area contributed by atoms with E-state index < -0.39 is 23.5 Å². The lowest BCUT2D eigenvalue weighted by Crippen LogP contribution is -2.46. The number of phenols is 1. The van der Waals surface area contributed by atoms with E-state index in [9.17, 15) is 19.5 Å². The molecule has 178 valence electrons. The molecule has 2 aromatic rings. The van der Waals surface area contributed by atoms with Gasteiger partial charge in [0.05, 0.1) is 5.01 Å². The van der Waals surface area contributed by atoms with Crippen molar-refractivity contribution < 1.29 is 24.2 Å². The molecule has 9 nitrogen and oxygen atoms in total. The van der Waals surface area contributed by atoms with E-state index in [1.165, 1.54) is 23.5 Å². The third-order valence-corrected chi connectivity index (χ3v) is 6.28. The molecule has 1 fully saturated rings. The SMILES string of the molecule is CC(C)(C)OC(=O)N1CCC(c2nc(C(=O)NC(Cc3ccc(O)cc3)C(N)=O)cs2)CC1. The quantitative estimate of drug-likeness (QED) is 0.589. The van der Waals surface area contributed by atoms with E-state index in [1.807, 2.05) is 20.8 Å². The number of nitrogens with two attached hydrogens (primary N) is 1. The Labute approximate surface area is 196 Å². The molecule has 3 amide bonds. The zero-order valence-corrected chi connectivity index (χ0v) is 19.9. The number of carbonyl (C=O) groups is 3. The minimum Gasteiger partial charge on any atom is -0.508 e. The fourth-order valence-corrected chi connectivity index (χ4v) is 4.51. The zero-order chi connectivity index (χ0) is 24.2. The van der Waals surface area contributed by atoms with Crippen molar-refractivity contribution in [2.45, 2.75) is 57.6 Å². The topological polar surface area (TPSA) is 135 Å². The van der Waals surface area contributed by atoms with E-state index in [0.29, 0.717) is 13.1 Å². The number of benzene rings is 1. The number of likely N-dealkylation sites (tertiary alicyclic amines) is 1. The lowest BCUT2D eigenvalue weighted by Gasteiger charge is -2.32. The van der Waals surface area contributed by atoms with Crippen LogP contribution in [0.4, 0.5) is 4.79 Å². The van der Waals surface area contributed by atoms with Crippen LogP contribution in [0, 0.1) is 0 Å². The molecule has 3 rings (SSSR count). The molecule has 33 heavy (non-hydrogen) atoms. The number of hydrogen-bond acceptors (Lipinski definition) is 7. The van der Waals surface area contributed by atoms with Crippen molar-refractivity contribution in [3.63, 3.8) is 0 Å². The maximum Gasteiger partial charge on any atom is 0.410 e. The van der Waals surface area contributed by atoms with Gasteiger partial charge in [0.2, 0.25) is 5.91 Å². The van der Waals surface area contributed by atoms with Crippen LogP contribution < -0.4 is 11.1 Å². The average Bonchev–Trinajstić information content (AvgIpc) is 3.24. The molecule has 0 spiro atoms. The molecule has 1 aliphatic heterocycles. The number of aromatic hydroxyl groups is 1. The van der Waals surface area contributed by atoms with Crippen LogP contribution in [-0.4, -0.2) is 57.6 Å². The smallest absolute Gasteiger partial charge is 0.410 e. The predicted octanol–water partition coefficient (Wildman–Crippen LogP) is 2.79. The molecule has 0 aliphatic carbocycles. The number of ether oxygens (including phenoxy) is 1. The van der Waals surface area contributed by atoms with Crippen molar-refractivity contribution in [2.24, 2.45) is 5.73 Å². The van der Waals surface area contributed by atoms with Crippen LogP contribution in [0.3, 0.4) is 0 Å². The number of aromatic nitrogens is 1. The highest BCUT2D eigenvalue weighted by Crippen LogP contribution is 2.31. The number of rotatable bonds is 6. The van der Waals surface area contributed by atoms with Gasteiger partial charge in [0, 0.05) is 30.8 Å². The molecule has 1 aliphatic rings. The van der Waals surface area contributed by atoms with Gasteiger partial charge in [-0.1, -0.05) is 12.1 Å². The van der Waals surface area contributed by atoms with Gasteiger partial charge in [-0.2, -0.15) is 0 Å². The van der Waals surface area contributed by atoms with Crippen LogP contribution in [-0.2, 0) is 16.0 Å². The Balaban J connectivity index is 1.57. The zero-order valence-electron chi connectivity index (χ0n) is 19.0. The molecule has 1 aromatic heterocycles. The third-order valence-electron chi connectivity index (χ3n) is 5.28. The summed E-state index contributed by atoms with van der Waals surface area (Å²) >= 11 is 1.39. The first-order valence-electron chi connectivity index (χ1n) is 10.8. The number of nitrogens with zero attached hydrogens (tertiary/aromatic N) is 2. The number of hydrogen-bond donors (Lipinski definition) is 3. The summed E-state index contributed by atoms with van der Waals surface area (Å²) in [4.78, 5) is 43.0. The van der Waals surface area contributed by atoms with E-state index in [4.69, 9.17) is 10.5 Å². The molecule has 1 saturated heterocycles. The van der Waals surface area contributed by atoms with Gasteiger partial charge in [-0.3, -0.25) is 9.59 Å². The summed E-state index contributed by atoms with van der Waals surface area (Å²) in [5.74, 6) is -0.850. The first-order valence-corrected chi connectivity index (χ1v) is 11.7. The molecule has 0 radical (unpaired) electrons. The van der Waals surface area contributed by atoms with E-state index in [0.717, 1.165) is 23.4 Å². The first kappa shape index (κ1) is 24.5. The van der Waals surface area contributed by atoms with Gasteiger partial charge in [0.15, 0.2) is 0 Å². The van der Waals surface area contributed by atoms with Gasteiger partial charge < -0.3 is 25.8 Å². The maximum absolute atomic E-state index is 12.7. The van der Waals surface area contributed by atoms with E-state index in [-0.39, 0.29) is 29.9 Å². The van der Waals surface area contributed by atoms with Gasteiger partial charge in [-0.15, -0.1) is 11.3 Å². The highest BCUT2D eigenvalue weighted by Gasteiger charge is 2.29. The number of primary amides is 1. The molecule has 1 aromatic carbocycles. The molecule has 10 heteroatoms. The fraction of sp³-hybridized carbons (Fsp3) is 0.478. The number of nitrogens with one attached hydrogen (secondary N) is 1. The van der Waals surface area contributed by atoms with Crippen molar-refractivity contribution in [2.75, 3.05) is 13.1 Å². The summed E-state index contributed by atoms with van der Waals surface area (Å²) in [7, 11) is 0. The standard InChI is InChI=1S/C23H30N4O5S/c1-23(2,3)32-22(31)27-10-8-15(9-11-27)21-26-18(13-33-21)20(30)25-17(19(24)29)12-14-4-6-16(28)7-5-14/h4-7,13,15,17,28H,8-12H2,1-3H3,(H2,24,29)(H,25,30). The molecule has 0 saturated carbocycles. The Morgan fingerprint density at radius 3 is 2.45 bits per heavy atom. The molecule has 0 bridgehead atoms. The van der Waals surface area contributed by atoms with Gasteiger partial charge in [-0.25, -0.2) is 9.78 Å². The van der Waals surface area contributed by atoms with Crippen LogP contribution in [0.5, 0.6) is 5.75 Å². The van der Waals surface area contributed by atoms with Gasteiger partial charge in [-0.05, 0) is 51.3 Å². The Kier molecular flexibility index (Phi) is 7.57. The predicted molar refractivity (Wildman–Crippen MR) is 124 cm³/mol. The second-order valence-electron chi connectivity index (χ2n) is 9.11. The number of thiazole rings is 1. The Hall–Kier alpha value is -3.14. The summed E-state index contributed by atoms with van der Waals surface area (Å²) in [6.45, 7) is 6.65. The number of carbonyl (C=O) groups excluding carboxylic acids is 3. The van der Waals surface area contributed by atoms with Crippen LogP contribution in [0.25, 0.3) is 0 Å². The molecule has 2 heterocycles. The molecular formula is C23H30N4O5S. The van der Waals surface area contributed by atoms with E-state index >= 15 is 0 Å². The minimum atomic E-state index is -0.899. The van der Waals surface area contributed by atoms with Gasteiger partial charge in [0.25, 0.3) is 5.91 Å². The second-order valence-corrected chi connectivity index (χ2v) is 10.0. The lowest BCUT2D eigenvalue weighted by molar-refractivity contribution is -0.119. The summed E-state index contributed by atoms with van der Waals surface area (Å²) in [6.07, 6.45) is 1.37. The summed E-state index contributed by atoms with van der Waals surface area (Å²) < 4.78 is 5.43. The molecule has 1 atom stereocenters. The van der Waals surface area contributed by atoms with Crippen molar-refractivity contribution in [3.05, 3.63) is 45.9 Å². The number of piperidine rings is 1. The van der Waals surface area contributed by atoms with E-state index in [1.54, 1.807) is 22.4 Å². The highest BCUT2D eigenvalue weighted by molar-refractivity contribution is 7.09. The van der Waals surface area contributed by atoms with Crippen molar-refractivity contribution in [3.8, 4) is 5.75 Å². The monoisotopic (exact) mass is 474 g/mol. The van der Waals surface area contributed by atoms with Crippen LogP contribution >= 0.6 is 11.3 Å². The second kappa shape index (κ2) is 10.2. The largest absolute Gasteiger partial charge is 0.508 e. The number of amides is 3. The summed E-state index contributed by atoms with van der Waals surface area (Å²) in [5, 5.41) is 14.6. The van der Waals surface area contributed by atoms with Crippen LogP contribution in [0.2, 0.25) is 0 Å². The highest BCUT2D eigenvalue weighted by atomic mass is 32.1. The van der Waals surface area contributed by atoms with E-state index in [2.05, 4.69) is 10.3 Å². The third kappa shape index (κ3) is 6.92. The maximum atomic E-state index is 12.7. The Morgan fingerprint density at radius 1 is 1.24 bits per heavy atom. The summed E-state index contributed by atoms with van der Waals surface area (Å²) in [6, 6.07) is 5.46. The minimum absolute atomic E-state index is 0.116. The Bertz CT molecular complexity index is 991. The molecule has 1 unspecified atom stereocenters. The van der Waals surface area contributed by atoms with Crippen LogP contribution in [0.1, 0.15) is 60.6 Å². The average molecular weight is 475 g/mol. The molecule has 4 N–H and O–H groups in total. The van der Waals surface area contributed by atoms with Crippen molar-refractivity contribution in [1.29, 1.82) is 0 Å². The van der Waals surface area contributed by atoms with Crippen molar-refractivity contribution >= 4 is 29.2 Å². The molecular weight excluding hydrogens is 444 g/mol. The normalized spacial score (nSPS) is 15.7. The van der Waals surface area contributed by atoms with Gasteiger partial charge >= 0.3 is 6.09 Å². The van der Waals surface area contributed by atoms with Crippen molar-refractivity contribution in [1.82, 2.24) is 15.2 Å². The Morgan fingerprint density at radius 2 is 1.88 bits per heavy atom. The first-order chi connectivity index (χ1) is 15.5.